The zero-order valence-corrected chi connectivity index (χ0v) is 20.1. The molecular weight excluding hydrogens is 456 g/mol. The minimum absolute atomic E-state index is 0.0568. The zero-order chi connectivity index (χ0) is 24.2. The van der Waals surface area contributed by atoms with Gasteiger partial charge in [0.05, 0.1) is 25.0 Å². The fraction of sp³-hybridized carbons (Fsp3) is 0.292. The second-order valence-electron chi connectivity index (χ2n) is 7.76. The largest absolute Gasteiger partial charge is 0.497 e. The molecule has 1 fully saturated rings. The summed E-state index contributed by atoms with van der Waals surface area (Å²) in [4.78, 5) is 37.1. The average molecular weight is 483 g/mol. The van der Waals surface area contributed by atoms with E-state index in [9.17, 15) is 13.8 Å². The van der Waals surface area contributed by atoms with Crippen molar-refractivity contribution < 1.29 is 23.3 Å². The summed E-state index contributed by atoms with van der Waals surface area (Å²) in [5.74, 6) is 0.0522. The number of rotatable bonds is 7. The molecule has 1 aliphatic heterocycles. The number of H-pyrrole nitrogens is 1. The van der Waals surface area contributed by atoms with Crippen LogP contribution >= 0.6 is 0 Å². The third kappa shape index (κ3) is 4.81. The maximum atomic E-state index is 13.2. The van der Waals surface area contributed by atoms with Gasteiger partial charge in [-0.2, -0.15) is 0 Å². The van der Waals surface area contributed by atoms with Crippen molar-refractivity contribution in [3.05, 3.63) is 54.2 Å². The van der Waals surface area contributed by atoms with Crippen LogP contribution in [0.1, 0.15) is 10.5 Å². The third-order valence-electron chi connectivity index (χ3n) is 5.69. The van der Waals surface area contributed by atoms with Gasteiger partial charge in [0.2, 0.25) is 0 Å². The Balaban J connectivity index is 1.51. The molecule has 1 amide bonds. The highest BCUT2D eigenvalue weighted by Gasteiger charge is 2.31. The average Bonchev–Trinajstić information content (AvgIpc) is 3.34. The number of nitrogens with one attached hydrogen (secondary N) is 1. The SMILES string of the molecule is COc1cc(OC)cc(N2CCN(C(=O)C(=O)c3[nH]c(S(C)=O)nc3-c3ccccc3)CC2)c1. The fourth-order valence-electron chi connectivity index (χ4n) is 3.85. The van der Waals surface area contributed by atoms with Crippen LogP contribution in [0.5, 0.6) is 11.5 Å². The normalized spacial score (nSPS) is 14.6. The molecule has 0 aliphatic carbocycles. The van der Waals surface area contributed by atoms with Gasteiger partial charge < -0.3 is 24.3 Å². The lowest BCUT2D eigenvalue weighted by molar-refractivity contribution is -0.126. The van der Waals surface area contributed by atoms with E-state index in [1.807, 2.05) is 30.3 Å². The van der Waals surface area contributed by atoms with Crippen molar-refractivity contribution in [3.8, 4) is 22.8 Å². The van der Waals surface area contributed by atoms with Gasteiger partial charge in [-0.05, 0) is 0 Å². The van der Waals surface area contributed by atoms with E-state index in [1.165, 1.54) is 11.2 Å². The molecule has 1 atom stereocenters. The van der Waals surface area contributed by atoms with Gasteiger partial charge in [-0.1, -0.05) is 30.3 Å². The number of amides is 1. The number of carbonyl (C=O) groups is 2. The number of piperazine rings is 1. The number of benzene rings is 2. The molecule has 4 rings (SSSR count). The highest BCUT2D eigenvalue weighted by molar-refractivity contribution is 7.84. The number of Topliss-reactive ketones (excluding diaryl/α,β-unsaturated/α-hetero) is 1. The smallest absolute Gasteiger partial charge is 0.296 e. The molecule has 2 aromatic carbocycles. The molecule has 0 saturated carbocycles. The first kappa shape index (κ1) is 23.5. The molecule has 1 aliphatic rings. The van der Waals surface area contributed by atoms with Crippen molar-refractivity contribution in [1.29, 1.82) is 0 Å². The molecule has 178 valence electrons. The van der Waals surface area contributed by atoms with Crippen molar-refractivity contribution in [1.82, 2.24) is 14.9 Å². The lowest BCUT2D eigenvalue weighted by Crippen LogP contribution is -2.50. The Morgan fingerprint density at radius 3 is 2.15 bits per heavy atom. The highest BCUT2D eigenvalue weighted by atomic mass is 32.2. The van der Waals surface area contributed by atoms with E-state index in [-0.39, 0.29) is 10.9 Å². The topological polar surface area (TPSA) is 105 Å². The first-order valence-electron chi connectivity index (χ1n) is 10.7. The number of ketones is 1. The summed E-state index contributed by atoms with van der Waals surface area (Å²) in [5.41, 5.74) is 1.97. The van der Waals surface area contributed by atoms with Crippen LogP contribution in [-0.4, -0.2) is 77.4 Å². The van der Waals surface area contributed by atoms with Crippen LogP contribution in [0.4, 0.5) is 5.69 Å². The first-order chi connectivity index (χ1) is 16.4. The van der Waals surface area contributed by atoms with Crippen molar-refractivity contribution in [2.75, 3.05) is 51.6 Å². The molecule has 1 saturated heterocycles. The summed E-state index contributed by atoms with van der Waals surface area (Å²) in [7, 11) is 1.76. The minimum atomic E-state index is -1.43. The van der Waals surface area contributed by atoms with Crippen LogP contribution in [0, 0.1) is 0 Å². The van der Waals surface area contributed by atoms with Crippen molar-refractivity contribution in [2.24, 2.45) is 0 Å². The van der Waals surface area contributed by atoms with Crippen LogP contribution in [0.15, 0.2) is 53.7 Å². The van der Waals surface area contributed by atoms with Gasteiger partial charge in [0.1, 0.15) is 22.9 Å². The van der Waals surface area contributed by atoms with Crippen molar-refractivity contribution in [3.63, 3.8) is 0 Å². The van der Waals surface area contributed by atoms with Gasteiger partial charge in [0, 0.05) is 61.9 Å². The predicted molar refractivity (Wildman–Crippen MR) is 129 cm³/mol. The van der Waals surface area contributed by atoms with E-state index in [0.29, 0.717) is 48.9 Å². The monoisotopic (exact) mass is 482 g/mol. The van der Waals surface area contributed by atoms with E-state index in [2.05, 4.69) is 14.9 Å². The molecular formula is C24H26N4O5S. The van der Waals surface area contributed by atoms with Crippen LogP contribution < -0.4 is 14.4 Å². The number of aromatic amines is 1. The molecule has 10 heteroatoms. The summed E-state index contributed by atoms with van der Waals surface area (Å²) >= 11 is 0. The number of hydrogen-bond acceptors (Lipinski definition) is 7. The van der Waals surface area contributed by atoms with Crippen LogP contribution in [0.3, 0.4) is 0 Å². The number of imidazole rings is 1. The Morgan fingerprint density at radius 1 is 0.971 bits per heavy atom. The number of ether oxygens (including phenoxy) is 2. The van der Waals surface area contributed by atoms with Gasteiger partial charge in [-0.15, -0.1) is 0 Å². The molecule has 1 aromatic heterocycles. The predicted octanol–water partition coefficient (Wildman–Crippen LogP) is 2.36. The maximum Gasteiger partial charge on any atom is 0.296 e. The molecule has 9 nitrogen and oxygen atoms in total. The molecule has 0 radical (unpaired) electrons. The summed E-state index contributed by atoms with van der Waals surface area (Å²) in [6.07, 6.45) is 1.47. The highest BCUT2D eigenvalue weighted by Crippen LogP contribution is 2.29. The van der Waals surface area contributed by atoms with E-state index >= 15 is 0 Å². The van der Waals surface area contributed by atoms with E-state index in [0.717, 1.165) is 5.69 Å². The summed E-state index contributed by atoms with van der Waals surface area (Å²) in [6.45, 7) is 1.86. The van der Waals surface area contributed by atoms with Crippen molar-refractivity contribution >= 4 is 28.2 Å². The minimum Gasteiger partial charge on any atom is -0.497 e. The summed E-state index contributed by atoms with van der Waals surface area (Å²) < 4.78 is 22.7. The summed E-state index contributed by atoms with van der Waals surface area (Å²) in [6, 6.07) is 14.7. The molecule has 1 unspecified atom stereocenters. The Labute approximate surface area is 200 Å². The molecule has 2 heterocycles. The van der Waals surface area contributed by atoms with Gasteiger partial charge in [-0.25, -0.2) is 4.98 Å². The number of carbonyl (C=O) groups excluding carboxylic acids is 2. The number of methoxy groups -OCH3 is 2. The summed E-state index contributed by atoms with van der Waals surface area (Å²) in [5, 5.41) is 0.159. The van der Waals surface area contributed by atoms with Gasteiger partial charge in [0.25, 0.3) is 11.7 Å². The first-order valence-corrected chi connectivity index (χ1v) is 12.3. The molecule has 1 N–H and O–H groups in total. The fourth-order valence-corrected chi connectivity index (χ4v) is 4.32. The maximum absolute atomic E-state index is 13.2. The Kier molecular flexibility index (Phi) is 6.97. The number of hydrogen-bond donors (Lipinski definition) is 1. The van der Waals surface area contributed by atoms with Gasteiger partial charge in [0.15, 0.2) is 5.16 Å². The standard InChI is InChI=1S/C24H26N4O5S/c1-32-18-13-17(14-19(15-18)33-2)27-9-11-28(12-10-27)23(30)22(29)21-20(16-7-5-4-6-8-16)25-24(26-21)34(3)31/h4-8,13-15H,9-12H2,1-3H3,(H,25,26). The quantitative estimate of drug-likeness (QED) is 0.407. The molecule has 0 bridgehead atoms. The van der Waals surface area contributed by atoms with E-state index in [1.54, 1.807) is 32.4 Å². The lowest BCUT2D eigenvalue weighted by Gasteiger charge is -2.36. The lowest BCUT2D eigenvalue weighted by atomic mass is 10.1. The number of nitrogens with zero attached hydrogens (tertiary/aromatic N) is 3. The third-order valence-corrected chi connectivity index (χ3v) is 6.43. The van der Waals surface area contributed by atoms with Crippen LogP contribution in [-0.2, 0) is 15.6 Å². The van der Waals surface area contributed by atoms with Crippen LogP contribution in [0.25, 0.3) is 11.3 Å². The van der Waals surface area contributed by atoms with Gasteiger partial charge in [-0.3, -0.25) is 13.8 Å². The van der Waals surface area contributed by atoms with Crippen LogP contribution in [0.2, 0.25) is 0 Å². The second-order valence-corrected chi connectivity index (χ2v) is 9.06. The number of anilines is 1. The zero-order valence-electron chi connectivity index (χ0n) is 19.2. The Morgan fingerprint density at radius 2 is 1.59 bits per heavy atom. The Bertz CT molecular complexity index is 1200. The van der Waals surface area contributed by atoms with Crippen molar-refractivity contribution in [2.45, 2.75) is 5.16 Å². The second kappa shape index (κ2) is 10.1. The van der Waals surface area contributed by atoms with E-state index < -0.39 is 22.5 Å². The van der Waals surface area contributed by atoms with Gasteiger partial charge >= 0.3 is 0 Å². The Hall–Kier alpha value is -3.66. The molecule has 0 spiro atoms. The number of aromatic nitrogens is 2. The molecule has 34 heavy (non-hydrogen) atoms. The molecule has 3 aromatic rings. The van der Waals surface area contributed by atoms with E-state index in [4.69, 9.17) is 9.47 Å².